The monoisotopic (exact) mass is 490 g/mol. The third kappa shape index (κ3) is 5.32. The highest BCUT2D eigenvalue weighted by atomic mass is 32.2. The summed E-state index contributed by atoms with van der Waals surface area (Å²) in [6, 6.07) is 8.77. The number of hydrogen-bond donors (Lipinski definition) is 1. The van der Waals surface area contributed by atoms with Crippen molar-refractivity contribution in [1.29, 1.82) is 0 Å². The SMILES string of the molecule is CCN(CC)S(=O)(=O)c1cc(C(=O)OCc2cc(=O)oc3cc(NC(C)=O)ccc23)ccc1F. The number of sulfonamides is 1. The second-order valence-corrected chi connectivity index (χ2v) is 9.20. The summed E-state index contributed by atoms with van der Waals surface area (Å²) < 4.78 is 51.2. The van der Waals surface area contributed by atoms with E-state index in [0.717, 1.165) is 28.6 Å². The van der Waals surface area contributed by atoms with Gasteiger partial charge in [0.25, 0.3) is 0 Å². The van der Waals surface area contributed by atoms with Gasteiger partial charge in [-0.05, 0) is 30.3 Å². The maximum Gasteiger partial charge on any atom is 0.338 e. The maximum absolute atomic E-state index is 14.3. The summed E-state index contributed by atoms with van der Waals surface area (Å²) in [6.07, 6.45) is 0. The normalized spacial score (nSPS) is 11.6. The summed E-state index contributed by atoms with van der Waals surface area (Å²) in [7, 11) is -4.14. The number of rotatable bonds is 8. The fraction of sp³-hybridized carbons (Fsp3) is 0.261. The van der Waals surface area contributed by atoms with Gasteiger partial charge in [0.2, 0.25) is 15.9 Å². The molecule has 2 aromatic carbocycles. The standard InChI is InChI=1S/C23H23FN2O7S/c1-4-26(5-2)34(30,31)21-10-15(6-9-19(21)24)23(29)32-13-16-11-22(28)33-20-12-17(25-14(3)27)7-8-18(16)20/h6-12H,4-5,13H2,1-3H3,(H,25,27). The van der Waals surface area contributed by atoms with Crippen molar-refractivity contribution in [3.8, 4) is 0 Å². The van der Waals surface area contributed by atoms with Crippen LogP contribution in [-0.4, -0.2) is 37.7 Å². The number of carbonyl (C=O) groups excluding carboxylic acids is 2. The van der Waals surface area contributed by atoms with Crippen LogP contribution in [0.15, 0.2) is 56.6 Å². The van der Waals surface area contributed by atoms with Crippen molar-refractivity contribution < 1.29 is 31.6 Å². The number of nitrogens with one attached hydrogen (secondary N) is 1. The van der Waals surface area contributed by atoms with Crippen LogP contribution in [0.2, 0.25) is 0 Å². The van der Waals surface area contributed by atoms with Crippen LogP contribution in [0.3, 0.4) is 0 Å². The molecule has 0 radical (unpaired) electrons. The van der Waals surface area contributed by atoms with Crippen molar-refractivity contribution in [3.05, 3.63) is 69.8 Å². The Hall–Kier alpha value is -3.57. The van der Waals surface area contributed by atoms with Crippen LogP contribution in [-0.2, 0) is 26.2 Å². The molecule has 0 atom stereocenters. The van der Waals surface area contributed by atoms with Crippen LogP contribution in [0, 0.1) is 5.82 Å². The van der Waals surface area contributed by atoms with E-state index in [1.807, 2.05) is 0 Å². The van der Waals surface area contributed by atoms with E-state index in [1.54, 1.807) is 26.0 Å². The van der Waals surface area contributed by atoms with Crippen LogP contribution < -0.4 is 10.9 Å². The van der Waals surface area contributed by atoms with Gasteiger partial charge in [-0.15, -0.1) is 0 Å². The molecule has 0 spiro atoms. The number of amides is 1. The average Bonchev–Trinajstić information content (AvgIpc) is 2.77. The molecule has 1 amide bonds. The van der Waals surface area contributed by atoms with Crippen molar-refractivity contribution in [2.45, 2.75) is 32.3 Å². The highest BCUT2D eigenvalue weighted by Gasteiger charge is 2.26. The van der Waals surface area contributed by atoms with Gasteiger partial charge in [-0.1, -0.05) is 13.8 Å². The Bertz CT molecular complexity index is 1410. The smallest absolute Gasteiger partial charge is 0.338 e. The molecule has 0 saturated carbocycles. The zero-order chi connectivity index (χ0) is 25.0. The Labute approximate surface area is 195 Å². The number of benzene rings is 2. The molecule has 0 unspecified atom stereocenters. The number of esters is 1. The highest BCUT2D eigenvalue weighted by molar-refractivity contribution is 7.89. The fourth-order valence-corrected chi connectivity index (χ4v) is 4.94. The first-order valence-corrected chi connectivity index (χ1v) is 11.8. The summed E-state index contributed by atoms with van der Waals surface area (Å²) in [5.41, 5.74) is 0.0945. The van der Waals surface area contributed by atoms with Crippen molar-refractivity contribution in [3.63, 3.8) is 0 Å². The van der Waals surface area contributed by atoms with E-state index in [1.165, 1.54) is 13.0 Å². The molecule has 1 aromatic heterocycles. The Morgan fingerprint density at radius 2 is 1.79 bits per heavy atom. The molecule has 34 heavy (non-hydrogen) atoms. The molecule has 9 nitrogen and oxygen atoms in total. The van der Waals surface area contributed by atoms with E-state index in [2.05, 4.69) is 5.32 Å². The van der Waals surface area contributed by atoms with Crippen LogP contribution >= 0.6 is 0 Å². The molecule has 1 N–H and O–H groups in total. The Balaban J connectivity index is 1.88. The van der Waals surface area contributed by atoms with Crippen LogP contribution in [0.4, 0.5) is 10.1 Å². The summed E-state index contributed by atoms with van der Waals surface area (Å²) in [4.78, 5) is 35.2. The molecule has 3 rings (SSSR count). The number of nitrogens with zero attached hydrogens (tertiary/aromatic N) is 1. The lowest BCUT2D eigenvalue weighted by Crippen LogP contribution is -2.31. The third-order valence-corrected chi connectivity index (χ3v) is 7.06. The number of fused-ring (bicyclic) bond motifs is 1. The number of hydrogen-bond acceptors (Lipinski definition) is 7. The number of ether oxygens (including phenoxy) is 1. The van der Waals surface area contributed by atoms with Crippen molar-refractivity contribution in [2.24, 2.45) is 0 Å². The molecule has 0 aliphatic heterocycles. The second kappa shape index (κ2) is 10.1. The predicted molar refractivity (Wildman–Crippen MR) is 122 cm³/mol. The largest absolute Gasteiger partial charge is 0.457 e. The van der Waals surface area contributed by atoms with E-state index in [-0.39, 0.29) is 36.8 Å². The first kappa shape index (κ1) is 25.1. The molecule has 180 valence electrons. The van der Waals surface area contributed by atoms with E-state index in [4.69, 9.17) is 9.15 Å². The van der Waals surface area contributed by atoms with Gasteiger partial charge in [0, 0.05) is 48.8 Å². The first-order valence-electron chi connectivity index (χ1n) is 10.4. The van der Waals surface area contributed by atoms with Gasteiger partial charge in [-0.3, -0.25) is 4.79 Å². The van der Waals surface area contributed by atoms with Gasteiger partial charge in [-0.2, -0.15) is 4.31 Å². The Morgan fingerprint density at radius 3 is 2.44 bits per heavy atom. The van der Waals surface area contributed by atoms with Crippen LogP contribution in [0.5, 0.6) is 0 Å². The lowest BCUT2D eigenvalue weighted by Gasteiger charge is -2.19. The number of halogens is 1. The molecule has 3 aromatic rings. The van der Waals surface area contributed by atoms with Gasteiger partial charge < -0.3 is 14.5 Å². The minimum atomic E-state index is -4.14. The predicted octanol–water partition coefficient (Wildman–Crippen LogP) is 3.28. The van der Waals surface area contributed by atoms with E-state index in [9.17, 15) is 27.2 Å². The zero-order valence-corrected chi connectivity index (χ0v) is 19.6. The number of carbonyl (C=O) groups is 2. The van der Waals surface area contributed by atoms with Crippen molar-refractivity contribution in [2.75, 3.05) is 18.4 Å². The summed E-state index contributed by atoms with van der Waals surface area (Å²) in [6.45, 7) is 4.54. The lowest BCUT2D eigenvalue weighted by molar-refractivity contribution is -0.114. The maximum atomic E-state index is 14.3. The van der Waals surface area contributed by atoms with E-state index in [0.29, 0.717) is 16.6 Å². The van der Waals surface area contributed by atoms with Gasteiger partial charge in [0.15, 0.2) is 0 Å². The summed E-state index contributed by atoms with van der Waals surface area (Å²) in [5.74, 6) is -2.18. The average molecular weight is 491 g/mol. The number of anilines is 1. The second-order valence-electron chi connectivity index (χ2n) is 7.29. The fourth-order valence-electron chi connectivity index (χ4n) is 3.39. The molecule has 11 heteroatoms. The van der Waals surface area contributed by atoms with Crippen molar-refractivity contribution >= 4 is 38.6 Å². The zero-order valence-electron chi connectivity index (χ0n) is 18.8. The van der Waals surface area contributed by atoms with Gasteiger partial charge in [0.1, 0.15) is 22.9 Å². The third-order valence-electron chi connectivity index (χ3n) is 5.00. The first-order chi connectivity index (χ1) is 16.1. The molecule has 0 aliphatic carbocycles. The molecule has 1 heterocycles. The van der Waals surface area contributed by atoms with Crippen LogP contribution in [0.1, 0.15) is 36.7 Å². The molecule has 0 saturated heterocycles. The minimum absolute atomic E-state index is 0.139. The quantitative estimate of drug-likeness (QED) is 0.380. The van der Waals surface area contributed by atoms with Crippen molar-refractivity contribution in [1.82, 2.24) is 4.31 Å². The van der Waals surface area contributed by atoms with E-state index < -0.39 is 32.3 Å². The van der Waals surface area contributed by atoms with Gasteiger partial charge in [0.05, 0.1) is 5.56 Å². The van der Waals surface area contributed by atoms with Crippen LogP contribution in [0.25, 0.3) is 11.0 Å². The summed E-state index contributed by atoms with van der Waals surface area (Å²) >= 11 is 0. The Morgan fingerprint density at radius 1 is 1.09 bits per heavy atom. The molecule has 0 fully saturated rings. The molecular formula is C23H23FN2O7S. The lowest BCUT2D eigenvalue weighted by atomic mass is 10.1. The van der Waals surface area contributed by atoms with Gasteiger partial charge in [-0.25, -0.2) is 22.4 Å². The highest BCUT2D eigenvalue weighted by Crippen LogP contribution is 2.24. The van der Waals surface area contributed by atoms with E-state index >= 15 is 0 Å². The summed E-state index contributed by atoms with van der Waals surface area (Å²) in [5, 5.41) is 3.05. The topological polar surface area (TPSA) is 123 Å². The molecule has 0 bridgehead atoms. The minimum Gasteiger partial charge on any atom is -0.457 e. The van der Waals surface area contributed by atoms with Gasteiger partial charge >= 0.3 is 11.6 Å². The molecule has 0 aliphatic rings. The molecular weight excluding hydrogens is 467 g/mol. The Kier molecular flexibility index (Phi) is 7.48.